The molecule has 0 saturated heterocycles. The molecule has 0 saturated carbocycles. The van der Waals surface area contributed by atoms with Crippen LogP contribution in [-0.2, 0) is 16.0 Å². The van der Waals surface area contributed by atoms with E-state index in [0.29, 0.717) is 10.6 Å². The molecule has 1 aliphatic rings. The van der Waals surface area contributed by atoms with Crippen LogP contribution in [0.15, 0.2) is 72.9 Å². The second-order valence-electron chi connectivity index (χ2n) is 8.04. The molecule has 1 unspecified atom stereocenters. The third kappa shape index (κ3) is 3.94. The topological polar surface area (TPSA) is 91.4 Å². The lowest BCUT2D eigenvalue weighted by Crippen LogP contribution is -2.42. The maximum Gasteiger partial charge on any atom is 0.407 e. The summed E-state index contributed by atoms with van der Waals surface area (Å²) in [5.74, 6) is -1.25. The maximum absolute atomic E-state index is 12.6. The highest BCUT2D eigenvalue weighted by Gasteiger charge is 2.30. The smallest absolute Gasteiger partial charge is 0.407 e. The Morgan fingerprint density at radius 1 is 1.00 bits per heavy atom. The van der Waals surface area contributed by atoms with Crippen LogP contribution in [-0.4, -0.2) is 34.8 Å². The van der Waals surface area contributed by atoms with Crippen molar-refractivity contribution in [2.75, 3.05) is 6.61 Å². The van der Waals surface area contributed by atoms with Crippen molar-refractivity contribution < 1.29 is 19.4 Å². The molecule has 0 aliphatic heterocycles. The number of nitrogens with one attached hydrogen (secondary N) is 2. The van der Waals surface area contributed by atoms with Gasteiger partial charge in [0.15, 0.2) is 0 Å². The minimum atomic E-state index is -1.16. The van der Waals surface area contributed by atoms with Crippen LogP contribution in [0.5, 0.6) is 0 Å². The third-order valence-corrected chi connectivity index (χ3v) is 6.41. The Morgan fingerprint density at radius 2 is 1.67 bits per heavy atom. The number of aromatic nitrogens is 1. The summed E-state index contributed by atoms with van der Waals surface area (Å²) < 4.78 is 5.50. The van der Waals surface area contributed by atoms with Gasteiger partial charge in [-0.25, -0.2) is 9.59 Å². The number of carbonyl (C=O) groups is 2. The van der Waals surface area contributed by atoms with Gasteiger partial charge in [-0.1, -0.05) is 66.2 Å². The number of H-pyrrole nitrogens is 1. The molecule has 7 heteroatoms. The highest BCUT2D eigenvalue weighted by molar-refractivity contribution is 6.35. The van der Waals surface area contributed by atoms with E-state index in [4.69, 9.17) is 16.3 Å². The van der Waals surface area contributed by atoms with E-state index in [1.165, 1.54) is 0 Å². The van der Waals surface area contributed by atoms with Crippen LogP contribution in [0.4, 0.5) is 4.79 Å². The second kappa shape index (κ2) is 8.64. The number of carboxylic acids is 1. The molecule has 166 valence electrons. The van der Waals surface area contributed by atoms with E-state index in [1.54, 1.807) is 12.3 Å². The Morgan fingerprint density at radius 3 is 2.33 bits per heavy atom. The van der Waals surface area contributed by atoms with Gasteiger partial charge in [0, 0.05) is 29.4 Å². The number of alkyl carbamates (subject to hydrolysis) is 1. The first kappa shape index (κ1) is 21.1. The zero-order valence-corrected chi connectivity index (χ0v) is 18.3. The molecule has 1 aliphatic carbocycles. The standard InChI is InChI=1S/C26H21ClN2O4/c27-21-10-5-11-22-24(21)15(13-28-22)12-23(25(30)31)29-26(32)33-14-20-18-8-3-1-6-16(18)17-7-2-4-9-19(17)20/h1-11,13,20,23,28H,12,14H2,(H,29,32)(H,30,31). The molecule has 1 heterocycles. The maximum atomic E-state index is 12.6. The van der Waals surface area contributed by atoms with Crippen LogP contribution in [0.1, 0.15) is 22.6 Å². The first-order valence-electron chi connectivity index (χ1n) is 10.6. The molecule has 0 bridgehead atoms. The molecular weight excluding hydrogens is 440 g/mol. The SMILES string of the molecule is O=C(NC(Cc1c[nH]c2cccc(Cl)c12)C(=O)O)OCC1c2ccccc2-c2ccccc21. The fraction of sp³-hybridized carbons (Fsp3) is 0.154. The van der Waals surface area contributed by atoms with Crippen molar-refractivity contribution >= 4 is 34.6 Å². The Kier molecular flexibility index (Phi) is 5.52. The molecule has 0 fully saturated rings. The van der Waals surface area contributed by atoms with Gasteiger partial charge in [-0.05, 0) is 39.9 Å². The van der Waals surface area contributed by atoms with E-state index < -0.39 is 18.1 Å². The molecule has 1 atom stereocenters. The number of rotatable bonds is 6. The van der Waals surface area contributed by atoms with Gasteiger partial charge >= 0.3 is 12.1 Å². The molecule has 33 heavy (non-hydrogen) atoms. The summed E-state index contributed by atoms with van der Waals surface area (Å²) in [6.07, 6.45) is 1.02. The lowest BCUT2D eigenvalue weighted by molar-refractivity contribution is -0.139. The Balaban J connectivity index is 1.29. The summed E-state index contributed by atoms with van der Waals surface area (Å²) in [6, 6.07) is 20.3. The highest BCUT2D eigenvalue weighted by Crippen LogP contribution is 2.44. The number of fused-ring (bicyclic) bond motifs is 4. The molecule has 3 N–H and O–H groups in total. The molecule has 6 nitrogen and oxygen atoms in total. The van der Waals surface area contributed by atoms with E-state index in [0.717, 1.165) is 33.2 Å². The number of carboxylic acid groups (broad SMARTS) is 1. The number of ether oxygens (including phenoxy) is 1. The highest BCUT2D eigenvalue weighted by atomic mass is 35.5. The number of aromatic amines is 1. The monoisotopic (exact) mass is 460 g/mol. The van der Waals surface area contributed by atoms with Gasteiger partial charge in [-0.2, -0.15) is 0 Å². The average Bonchev–Trinajstić information content (AvgIpc) is 3.37. The molecule has 1 aromatic heterocycles. The first-order valence-corrected chi connectivity index (χ1v) is 11.0. The zero-order valence-electron chi connectivity index (χ0n) is 17.5. The normalized spacial score (nSPS) is 13.4. The van der Waals surface area contributed by atoms with Crippen LogP contribution in [0.3, 0.4) is 0 Å². The molecule has 3 aromatic carbocycles. The molecular formula is C26H21ClN2O4. The van der Waals surface area contributed by atoms with Gasteiger partial charge in [-0.3, -0.25) is 0 Å². The first-order chi connectivity index (χ1) is 16.0. The quantitative estimate of drug-likeness (QED) is 0.361. The third-order valence-electron chi connectivity index (χ3n) is 6.09. The van der Waals surface area contributed by atoms with E-state index in [2.05, 4.69) is 22.4 Å². The van der Waals surface area contributed by atoms with Crippen molar-refractivity contribution in [3.8, 4) is 11.1 Å². The lowest BCUT2D eigenvalue weighted by Gasteiger charge is -2.17. The van der Waals surface area contributed by atoms with Crippen LogP contribution >= 0.6 is 11.6 Å². The number of carbonyl (C=O) groups excluding carboxylic acids is 1. The van der Waals surface area contributed by atoms with Crippen LogP contribution in [0, 0.1) is 0 Å². The average molecular weight is 461 g/mol. The summed E-state index contributed by atoms with van der Waals surface area (Å²) in [7, 11) is 0. The van der Waals surface area contributed by atoms with E-state index >= 15 is 0 Å². The number of halogens is 1. The van der Waals surface area contributed by atoms with Crippen molar-refractivity contribution in [1.29, 1.82) is 0 Å². The van der Waals surface area contributed by atoms with Crippen molar-refractivity contribution in [2.45, 2.75) is 18.4 Å². The summed E-state index contributed by atoms with van der Waals surface area (Å²) in [5, 5.41) is 13.5. The number of aliphatic carboxylic acids is 1. The van der Waals surface area contributed by atoms with Gasteiger partial charge < -0.3 is 20.1 Å². The Bertz CT molecular complexity index is 1320. The fourth-order valence-electron chi connectivity index (χ4n) is 4.57. The summed E-state index contributed by atoms with van der Waals surface area (Å²) in [4.78, 5) is 27.5. The van der Waals surface area contributed by atoms with Crippen molar-refractivity contribution in [1.82, 2.24) is 10.3 Å². The van der Waals surface area contributed by atoms with Crippen molar-refractivity contribution in [3.63, 3.8) is 0 Å². The largest absolute Gasteiger partial charge is 0.480 e. The number of hydrogen-bond acceptors (Lipinski definition) is 3. The lowest BCUT2D eigenvalue weighted by atomic mass is 9.98. The van der Waals surface area contributed by atoms with Crippen LogP contribution in [0.25, 0.3) is 22.0 Å². The number of amides is 1. The summed E-state index contributed by atoms with van der Waals surface area (Å²) >= 11 is 6.30. The molecule has 4 aromatic rings. The Labute approximate surface area is 195 Å². The van der Waals surface area contributed by atoms with Gasteiger partial charge in [0.25, 0.3) is 0 Å². The van der Waals surface area contributed by atoms with Gasteiger partial charge in [0.1, 0.15) is 12.6 Å². The van der Waals surface area contributed by atoms with E-state index in [-0.39, 0.29) is 18.9 Å². The zero-order chi connectivity index (χ0) is 22.9. The predicted octanol–water partition coefficient (Wildman–Crippen LogP) is 5.36. The number of benzene rings is 3. The predicted molar refractivity (Wildman–Crippen MR) is 127 cm³/mol. The number of hydrogen-bond donors (Lipinski definition) is 3. The second-order valence-corrected chi connectivity index (χ2v) is 8.45. The molecule has 1 amide bonds. The molecule has 0 radical (unpaired) electrons. The van der Waals surface area contributed by atoms with Gasteiger partial charge in [-0.15, -0.1) is 0 Å². The Hall–Kier alpha value is -3.77. The van der Waals surface area contributed by atoms with Gasteiger partial charge in [0.05, 0.1) is 5.02 Å². The fourth-order valence-corrected chi connectivity index (χ4v) is 4.87. The summed E-state index contributed by atoms with van der Waals surface area (Å²) in [6.45, 7) is 0.116. The van der Waals surface area contributed by atoms with E-state index in [9.17, 15) is 14.7 Å². The van der Waals surface area contributed by atoms with Crippen LogP contribution < -0.4 is 5.32 Å². The van der Waals surface area contributed by atoms with Crippen molar-refractivity contribution in [3.05, 3.63) is 94.6 Å². The van der Waals surface area contributed by atoms with Crippen molar-refractivity contribution in [2.24, 2.45) is 0 Å². The summed E-state index contributed by atoms with van der Waals surface area (Å²) in [5.41, 5.74) is 5.96. The molecule has 0 spiro atoms. The minimum Gasteiger partial charge on any atom is -0.480 e. The minimum absolute atomic E-state index is 0.0727. The van der Waals surface area contributed by atoms with Gasteiger partial charge in [0.2, 0.25) is 0 Å². The molecule has 5 rings (SSSR count). The van der Waals surface area contributed by atoms with E-state index in [1.807, 2.05) is 48.5 Å². The van der Waals surface area contributed by atoms with Crippen LogP contribution in [0.2, 0.25) is 5.02 Å².